The van der Waals surface area contributed by atoms with Crippen molar-refractivity contribution in [2.45, 2.75) is 31.0 Å². The Labute approximate surface area is 135 Å². The molecule has 1 fully saturated rings. The molecule has 0 amide bonds. The summed E-state index contributed by atoms with van der Waals surface area (Å²) in [6.45, 7) is 8.09. The Balaban J connectivity index is 2.12. The largest absolute Gasteiger partial charge is 0.495 e. The Bertz CT molecular complexity index is 634. The molecule has 0 unspecified atom stereocenters. The zero-order valence-electron chi connectivity index (χ0n) is 13.8. The average molecular weight is 339 g/mol. The fourth-order valence-corrected chi connectivity index (χ4v) is 5.34. The Morgan fingerprint density at radius 1 is 1.41 bits per heavy atom. The molecule has 1 heterocycles. The second-order valence-corrected chi connectivity index (χ2v) is 14.0. The van der Waals surface area contributed by atoms with E-state index in [-0.39, 0.29) is 0 Å². The quantitative estimate of drug-likeness (QED) is 0.448. The molecule has 4 nitrogen and oxygen atoms in total. The molecule has 6 heteroatoms. The maximum atomic E-state index is 12.8. The van der Waals surface area contributed by atoms with E-state index in [9.17, 15) is 4.21 Å². The van der Waals surface area contributed by atoms with Gasteiger partial charge in [-0.1, -0.05) is 25.6 Å². The SMILES string of the molecule is COc1cc([SH]2(=O)CCCN2)ccc1NCC#C[Si](C)(C)C. The number of rotatable bonds is 4. The van der Waals surface area contributed by atoms with Crippen molar-refractivity contribution in [1.82, 2.24) is 4.72 Å². The van der Waals surface area contributed by atoms with Crippen LogP contribution in [0.5, 0.6) is 5.75 Å². The molecule has 1 saturated heterocycles. The van der Waals surface area contributed by atoms with E-state index in [2.05, 4.69) is 41.1 Å². The van der Waals surface area contributed by atoms with Gasteiger partial charge in [0, 0.05) is 17.2 Å². The molecule has 0 spiro atoms. The third-order valence-electron chi connectivity index (χ3n) is 3.45. The van der Waals surface area contributed by atoms with Crippen LogP contribution in [0, 0.1) is 11.5 Å². The number of hydrogen-bond donors (Lipinski definition) is 3. The van der Waals surface area contributed by atoms with Crippen LogP contribution in [0.15, 0.2) is 23.1 Å². The smallest absolute Gasteiger partial charge is 0.143 e. The lowest BCUT2D eigenvalue weighted by Crippen LogP contribution is -2.26. The summed E-state index contributed by atoms with van der Waals surface area (Å²) in [5, 5.41) is 3.28. The zero-order valence-corrected chi connectivity index (χ0v) is 15.7. The van der Waals surface area contributed by atoms with Gasteiger partial charge in [0.25, 0.3) is 0 Å². The molecule has 2 rings (SSSR count). The van der Waals surface area contributed by atoms with E-state index in [1.165, 1.54) is 0 Å². The fourth-order valence-electron chi connectivity index (χ4n) is 2.36. The van der Waals surface area contributed by atoms with Crippen molar-refractivity contribution in [3.63, 3.8) is 0 Å². The predicted molar refractivity (Wildman–Crippen MR) is 97.9 cm³/mol. The number of methoxy groups -OCH3 is 1. The lowest BCUT2D eigenvalue weighted by Gasteiger charge is -2.20. The first kappa shape index (κ1) is 17.1. The molecule has 1 aromatic carbocycles. The third-order valence-corrected chi connectivity index (χ3v) is 7.17. The van der Waals surface area contributed by atoms with Gasteiger partial charge >= 0.3 is 0 Å². The number of anilines is 1. The van der Waals surface area contributed by atoms with Crippen molar-refractivity contribution in [1.29, 1.82) is 0 Å². The standard InChI is InChI=1S/C16H26N2O2SSi/c1-20-16-13-14(21(19)11-5-10-18-21)7-8-15(16)17-9-6-12-22(2,3)4/h7-8,13,17,21H,5,9-11H2,1-4H3,(H,18,19). The van der Waals surface area contributed by atoms with E-state index < -0.39 is 18.2 Å². The highest BCUT2D eigenvalue weighted by Gasteiger charge is 2.23. The van der Waals surface area contributed by atoms with E-state index in [0.29, 0.717) is 6.54 Å². The molecular weight excluding hydrogens is 312 g/mol. The van der Waals surface area contributed by atoms with Crippen LogP contribution in [0.1, 0.15) is 6.42 Å². The molecule has 0 atom stereocenters. The molecule has 22 heavy (non-hydrogen) atoms. The maximum Gasteiger partial charge on any atom is 0.143 e. The summed E-state index contributed by atoms with van der Waals surface area (Å²) in [6.07, 6.45) is 0.964. The Morgan fingerprint density at radius 3 is 2.77 bits per heavy atom. The molecule has 0 bridgehead atoms. The fraction of sp³-hybridized carbons (Fsp3) is 0.500. The van der Waals surface area contributed by atoms with Gasteiger partial charge in [0.15, 0.2) is 0 Å². The van der Waals surface area contributed by atoms with Gasteiger partial charge in [0.05, 0.1) is 19.3 Å². The van der Waals surface area contributed by atoms with Gasteiger partial charge in [0.1, 0.15) is 13.8 Å². The van der Waals surface area contributed by atoms with Crippen LogP contribution < -0.4 is 14.8 Å². The third kappa shape index (κ3) is 4.35. The molecule has 0 radical (unpaired) electrons. The number of benzene rings is 1. The summed E-state index contributed by atoms with van der Waals surface area (Å²) < 4.78 is 21.3. The Hall–Kier alpha value is -1.29. The van der Waals surface area contributed by atoms with Gasteiger partial charge in [-0.15, -0.1) is 5.54 Å². The van der Waals surface area contributed by atoms with Crippen LogP contribution in [-0.2, 0) is 10.1 Å². The van der Waals surface area contributed by atoms with Crippen molar-refractivity contribution in [2.24, 2.45) is 0 Å². The van der Waals surface area contributed by atoms with E-state index in [1.807, 2.05) is 18.2 Å². The van der Waals surface area contributed by atoms with E-state index in [1.54, 1.807) is 7.11 Å². The summed E-state index contributed by atoms with van der Waals surface area (Å²) >= 11 is 0. The second-order valence-electron chi connectivity index (χ2n) is 6.51. The minimum Gasteiger partial charge on any atom is -0.495 e. The molecule has 122 valence electrons. The van der Waals surface area contributed by atoms with Crippen LogP contribution in [0.2, 0.25) is 19.6 Å². The van der Waals surface area contributed by atoms with Gasteiger partial charge in [-0.25, -0.2) is 0 Å². The highest BCUT2D eigenvalue weighted by molar-refractivity contribution is 8.01. The van der Waals surface area contributed by atoms with Crippen molar-refractivity contribution < 1.29 is 8.95 Å². The Kier molecular flexibility index (Phi) is 5.32. The monoisotopic (exact) mass is 338 g/mol. The molecule has 1 aliphatic rings. The summed E-state index contributed by atoms with van der Waals surface area (Å²) in [6, 6.07) is 5.74. The summed E-state index contributed by atoms with van der Waals surface area (Å²) in [7, 11) is -2.11. The van der Waals surface area contributed by atoms with Crippen LogP contribution in [0.25, 0.3) is 0 Å². The van der Waals surface area contributed by atoms with Crippen LogP contribution in [-0.4, -0.2) is 38.2 Å². The average Bonchev–Trinajstić information content (AvgIpc) is 2.90. The summed E-state index contributed by atoms with van der Waals surface area (Å²) in [4.78, 5) is 0.848. The minimum absolute atomic E-state index is 0.593. The van der Waals surface area contributed by atoms with Gasteiger partial charge < -0.3 is 10.1 Å². The molecule has 2 N–H and O–H groups in total. The Morgan fingerprint density at radius 2 is 2.18 bits per heavy atom. The molecule has 0 saturated carbocycles. The highest BCUT2D eigenvalue weighted by atomic mass is 32.3. The van der Waals surface area contributed by atoms with Crippen molar-refractivity contribution in [3.8, 4) is 17.2 Å². The lowest BCUT2D eigenvalue weighted by molar-refractivity contribution is 0.415. The molecule has 0 aliphatic carbocycles. The van der Waals surface area contributed by atoms with Crippen molar-refractivity contribution >= 4 is 23.9 Å². The summed E-state index contributed by atoms with van der Waals surface area (Å²) in [5.74, 6) is 4.63. The number of hydrogen-bond acceptors (Lipinski definition) is 3. The zero-order chi connectivity index (χ0) is 16.2. The normalized spacial score (nSPS) is 18.2. The van der Waals surface area contributed by atoms with Gasteiger partial charge in [-0.05, 0) is 34.7 Å². The van der Waals surface area contributed by atoms with Gasteiger partial charge in [-0.3, -0.25) is 8.93 Å². The van der Waals surface area contributed by atoms with Gasteiger partial charge in [0.2, 0.25) is 0 Å². The maximum absolute atomic E-state index is 12.8. The minimum atomic E-state index is -2.42. The lowest BCUT2D eigenvalue weighted by atomic mass is 10.3. The first-order valence-corrected chi connectivity index (χ1v) is 13.0. The molecule has 1 aromatic rings. The predicted octanol–water partition coefficient (Wildman–Crippen LogP) is 2.27. The number of ether oxygens (including phenoxy) is 1. The second kappa shape index (κ2) is 6.86. The summed E-state index contributed by atoms with van der Waals surface area (Å²) in [5.41, 5.74) is 4.21. The number of nitrogens with one attached hydrogen (secondary N) is 2. The molecule has 1 aliphatic heterocycles. The van der Waals surface area contributed by atoms with Gasteiger partial charge in [-0.2, -0.15) is 0 Å². The molecular formula is C16H26N2O2SSi. The first-order chi connectivity index (χ1) is 10.3. The van der Waals surface area contributed by atoms with E-state index in [4.69, 9.17) is 4.74 Å². The van der Waals surface area contributed by atoms with Crippen LogP contribution in [0.4, 0.5) is 5.69 Å². The molecule has 0 aromatic heterocycles. The van der Waals surface area contributed by atoms with E-state index in [0.717, 1.165) is 35.1 Å². The van der Waals surface area contributed by atoms with E-state index >= 15 is 0 Å². The van der Waals surface area contributed by atoms with Crippen molar-refractivity contribution in [3.05, 3.63) is 18.2 Å². The number of thiol groups is 1. The first-order valence-electron chi connectivity index (χ1n) is 7.61. The van der Waals surface area contributed by atoms with Crippen LogP contribution >= 0.6 is 0 Å². The van der Waals surface area contributed by atoms with Crippen LogP contribution in [0.3, 0.4) is 0 Å². The van der Waals surface area contributed by atoms with Crippen molar-refractivity contribution in [2.75, 3.05) is 31.3 Å². The topological polar surface area (TPSA) is 50.4 Å². The highest BCUT2D eigenvalue weighted by Crippen LogP contribution is 2.31.